The second-order valence-electron chi connectivity index (χ2n) is 5.16. The zero-order chi connectivity index (χ0) is 16.1. The van der Waals surface area contributed by atoms with Crippen molar-refractivity contribution in [3.63, 3.8) is 0 Å². The van der Waals surface area contributed by atoms with E-state index in [-0.39, 0.29) is 5.91 Å². The normalized spacial score (nSPS) is 10.7. The number of para-hydroxylation sites is 1. The molecule has 3 rings (SSSR count). The van der Waals surface area contributed by atoms with Crippen LogP contribution in [0, 0.1) is 0 Å². The highest BCUT2D eigenvalue weighted by Crippen LogP contribution is 2.24. The molecule has 0 fully saturated rings. The highest BCUT2D eigenvalue weighted by molar-refractivity contribution is 9.10. The number of halogens is 1. The standard InChI is InChI=1S/C19H16BrNOS/c20-17-10-3-4-11-18(17)21-19(22)13-23-12-15-8-5-7-14-6-1-2-9-16(14)15/h1-11H,12-13H2,(H,21,22). The summed E-state index contributed by atoms with van der Waals surface area (Å²) in [6.45, 7) is 0. The number of amides is 1. The fourth-order valence-corrected chi connectivity index (χ4v) is 3.64. The van der Waals surface area contributed by atoms with Crippen LogP contribution in [0.2, 0.25) is 0 Å². The molecule has 0 atom stereocenters. The maximum atomic E-state index is 12.1. The van der Waals surface area contributed by atoms with E-state index in [4.69, 9.17) is 0 Å². The van der Waals surface area contributed by atoms with Gasteiger partial charge < -0.3 is 5.32 Å². The molecule has 116 valence electrons. The van der Waals surface area contributed by atoms with Crippen molar-refractivity contribution in [3.05, 3.63) is 76.8 Å². The molecule has 0 unspecified atom stereocenters. The third kappa shape index (κ3) is 4.15. The maximum Gasteiger partial charge on any atom is 0.234 e. The Hall–Kier alpha value is -1.78. The summed E-state index contributed by atoms with van der Waals surface area (Å²) in [5.74, 6) is 1.28. The van der Waals surface area contributed by atoms with Gasteiger partial charge in [0.15, 0.2) is 0 Å². The van der Waals surface area contributed by atoms with E-state index in [0.717, 1.165) is 15.9 Å². The van der Waals surface area contributed by atoms with Gasteiger partial charge in [0.2, 0.25) is 5.91 Å². The number of hydrogen-bond donors (Lipinski definition) is 1. The van der Waals surface area contributed by atoms with Crippen molar-refractivity contribution >= 4 is 50.1 Å². The number of fused-ring (bicyclic) bond motifs is 1. The lowest BCUT2D eigenvalue weighted by atomic mass is 10.1. The number of benzene rings is 3. The van der Waals surface area contributed by atoms with Crippen LogP contribution in [0.1, 0.15) is 5.56 Å². The smallest absolute Gasteiger partial charge is 0.234 e. The van der Waals surface area contributed by atoms with Crippen molar-refractivity contribution in [1.82, 2.24) is 0 Å². The zero-order valence-electron chi connectivity index (χ0n) is 12.5. The molecule has 0 heterocycles. The van der Waals surface area contributed by atoms with Crippen molar-refractivity contribution in [2.24, 2.45) is 0 Å². The topological polar surface area (TPSA) is 29.1 Å². The quantitative estimate of drug-likeness (QED) is 0.630. The summed E-state index contributed by atoms with van der Waals surface area (Å²) in [6, 6.07) is 22.3. The number of carbonyl (C=O) groups excluding carboxylic acids is 1. The van der Waals surface area contributed by atoms with Crippen LogP contribution in [-0.4, -0.2) is 11.7 Å². The molecular weight excluding hydrogens is 370 g/mol. The van der Waals surface area contributed by atoms with Crippen molar-refractivity contribution in [2.45, 2.75) is 5.75 Å². The largest absolute Gasteiger partial charge is 0.324 e. The van der Waals surface area contributed by atoms with Crippen LogP contribution in [0.15, 0.2) is 71.2 Å². The summed E-state index contributed by atoms with van der Waals surface area (Å²) in [4.78, 5) is 12.1. The Morgan fingerprint density at radius 1 is 0.957 bits per heavy atom. The van der Waals surface area contributed by atoms with E-state index in [9.17, 15) is 4.79 Å². The fourth-order valence-electron chi connectivity index (χ4n) is 2.42. The van der Waals surface area contributed by atoms with E-state index in [2.05, 4.69) is 57.6 Å². The van der Waals surface area contributed by atoms with Gasteiger partial charge in [0.05, 0.1) is 11.4 Å². The molecule has 1 amide bonds. The van der Waals surface area contributed by atoms with Gasteiger partial charge >= 0.3 is 0 Å². The average Bonchev–Trinajstić information content (AvgIpc) is 2.57. The Balaban J connectivity index is 1.58. The molecule has 0 aliphatic carbocycles. The van der Waals surface area contributed by atoms with Crippen LogP contribution in [-0.2, 0) is 10.5 Å². The molecule has 23 heavy (non-hydrogen) atoms. The van der Waals surface area contributed by atoms with Crippen molar-refractivity contribution in [3.8, 4) is 0 Å². The first-order valence-corrected chi connectivity index (χ1v) is 9.27. The zero-order valence-corrected chi connectivity index (χ0v) is 14.9. The SMILES string of the molecule is O=C(CSCc1cccc2ccccc12)Nc1ccccc1Br. The molecule has 0 bridgehead atoms. The number of anilines is 1. The Bertz CT molecular complexity index is 829. The van der Waals surface area contributed by atoms with Gasteiger partial charge in [-0.15, -0.1) is 11.8 Å². The van der Waals surface area contributed by atoms with E-state index in [1.54, 1.807) is 11.8 Å². The monoisotopic (exact) mass is 385 g/mol. The Labute approximate surface area is 148 Å². The van der Waals surface area contributed by atoms with E-state index >= 15 is 0 Å². The molecule has 1 N–H and O–H groups in total. The molecule has 4 heteroatoms. The van der Waals surface area contributed by atoms with Crippen molar-refractivity contribution < 1.29 is 4.79 Å². The molecule has 0 saturated heterocycles. The van der Waals surface area contributed by atoms with Gasteiger partial charge in [0.1, 0.15) is 0 Å². The minimum absolute atomic E-state index is 0.0159. The Morgan fingerprint density at radius 2 is 1.70 bits per heavy atom. The lowest BCUT2D eigenvalue weighted by Gasteiger charge is -2.08. The van der Waals surface area contributed by atoms with E-state index in [0.29, 0.717) is 5.75 Å². The second-order valence-corrected chi connectivity index (χ2v) is 7.00. The average molecular weight is 386 g/mol. The van der Waals surface area contributed by atoms with Gasteiger partial charge in [-0.05, 0) is 44.4 Å². The van der Waals surface area contributed by atoms with Crippen LogP contribution in [0.5, 0.6) is 0 Å². The highest BCUT2D eigenvalue weighted by atomic mass is 79.9. The minimum atomic E-state index is 0.0159. The molecule has 3 aromatic carbocycles. The first kappa shape index (κ1) is 16.1. The summed E-state index contributed by atoms with van der Waals surface area (Å²) in [5, 5.41) is 5.42. The number of carbonyl (C=O) groups is 1. The van der Waals surface area contributed by atoms with Crippen LogP contribution >= 0.6 is 27.7 Å². The van der Waals surface area contributed by atoms with Gasteiger partial charge in [0.25, 0.3) is 0 Å². The lowest BCUT2D eigenvalue weighted by molar-refractivity contribution is -0.113. The van der Waals surface area contributed by atoms with Crippen LogP contribution in [0.4, 0.5) is 5.69 Å². The molecule has 0 aliphatic rings. The van der Waals surface area contributed by atoms with Gasteiger partial charge in [-0.1, -0.05) is 54.6 Å². The second kappa shape index (κ2) is 7.66. The Morgan fingerprint density at radius 3 is 2.57 bits per heavy atom. The van der Waals surface area contributed by atoms with Crippen molar-refractivity contribution in [2.75, 3.05) is 11.1 Å². The Kier molecular flexibility index (Phi) is 5.36. The molecular formula is C19H16BrNOS. The molecule has 0 spiro atoms. The highest BCUT2D eigenvalue weighted by Gasteiger charge is 2.06. The van der Waals surface area contributed by atoms with Gasteiger partial charge in [0, 0.05) is 10.2 Å². The predicted molar refractivity (Wildman–Crippen MR) is 103 cm³/mol. The molecule has 0 aromatic heterocycles. The van der Waals surface area contributed by atoms with Gasteiger partial charge in [-0.2, -0.15) is 0 Å². The number of thioether (sulfide) groups is 1. The summed E-state index contributed by atoms with van der Waals surface area (Å²) in [7, 11) is 0. The van der Waals surface area contributed by atoms with Gasteiger partial charge in [-0.3, -0.25) is 4.79 Å². The molecule has 0 saturated carbocycles. The maximum absolute atomic E-state index is 12.1. The summed E-state index contributed by atoms with van der Waals surface area (Å²) in [6.07, 6.45) is 0. The number of nitrogens with one attached hydrogen (secondary N) is 1. The van der Waals surface area contributed by atoms with Crippen LogP contribution in [0.3, 0.4) is 0 Å². The third-order valence-electron chi connectivity index (χ3n) is 3.52. The molecule has 2 nitrogen and oxygen atoms in total. The van der Waals surface area contributed by atoms with E-state index < -0.39 is 0 Å². The molecule has 3 aromatic rings. The predicted octanol–water partition coefficient (Wildman–Crippen LogP) is 5.47. The number of rotatable bonds is 5. The van der Waals surface area contributed by atoms with E-state index in [1.807, 2.05) is 30.3 Å². The van der Waals surface area contributed by atoms with E-state index in [1.165, 1.54) is 16.3 Å². The lowest BCUT2D eigenvalue weighted by Crippen LogP contribution is -2.14. The van der Waals surface area contributed by atoms with Crippen molar-refractivity contribution in [1.29, 1.82) is 0 Å². The van der Waals surface area contributed by atoms with Crippen LogP contribution in [0.25, 0.3) is 10.8 Å². The van der Waals surface area contributed by atoms with Gasteiger partial charge in [-0.25, -0.2) is 0 Å². The first-order chi connectivity index (χ1) is 11.2. The summed E-state index contributed by atoms with van der Waals surface area (Å²) < 4.78 is 0.896. The molecule has 0 aliphatic heterocycles. The summed E-state index contributed by atoms with van der Waals surface area (Å²) >= 11 is 5.06. The minimum Gasteiger partial charge on any atom is -0.324 e. The summed E-state index contributed by atoms with van der Waals surface area (Å²) in [5.41, 5.74) is 2.07. The number of hydrogen-bond acceptors (Lipinski definition) is 2. The first-order valence-electron chi connectivity index (χ1n) is 7.33. The van der Waals surface area contributed by atoms with Crippen LogP contribution < -0.4 is 5.32 Å². The molecule has 0 radical (unpaired) electrons. The third-order valence-corrected chi connectivity index (χ3v) is 5.19. The fraction of sp³-hybridized carbons (Fsp3) is 0.105.